The van der Waals surface area contributed by atoms with Crippen molar-refractivity contribution in [1.82, 2.24) is 4.98 Å². The van der Waals surface area contributed by atoms with E-state index < -0.39 is 0 Å². The molecule has 0 radical (unpaired) electrons. The number of fused-ring (bicyclic) bond motifs is 1. The van der Waals surface area contributed by atoms with Crippen LogP contribution < -0.4 is 10.6 Å². The average Bonchev–Trinajstić information content (AvgIpc) is 2.98. The molecule has 0 aliphatic carbocycles. The molecule has 0 unspecified atom stereocenters. The van der Waals surface area contributed by atoms with Crippen molar-refractivity contribution in [1.29, 1.82) is 0 Å². The summed E-state index contributed by atoms with van der Waals surface area (Å²) < 4.78 is 5.31. The fraction of sp³-hybridized carbons (Fsp3) is 0.0500. The molecule has 1 N–H and O–H groups in total. The Labute approximate surface area is 143 Å². The largest absolute Gasteiger partial charge is 0.479 e. The minimum atomic E-state index is -0.370. The van der Waals surface area contributed by atoms with Crippen LogP contribution in [0.4, 0.5) is 0 Å². The number of aromatic nitrogens is 1. The first kappa shape index (κ1) is 15.1. The summed E-state index contributed by atoms with van der Waals surface area (Å²) in [7, 11) is 0. The maximum atomic E-state index is 12.3. The third-order valence-electron chi connectivity index (χ3n) is 3.99. The number of amides is 1. The van der Waals surface area contributed by atoms with Gasteiger partial charge in [0, 0.05) is 16.4 Å². The summed E-state index contributed by atoms with van der Waals surface area (Å²) in [5.74, 6) is -0.408. The van der Waals surface area contributed by atoms with Gasteiger partial charge in [-0.2, -0.15) is 0 Å². The van der Waals surface area contributed by atoms with Crippen LogP contribution in [0.2, 0.25) is 0 Å². The van der Waals surface area contributed by atoms with Crippen molar-refractivity contribution in [2.24, 2.45) is 4.99 Å². The van der Waals surface area contributed by atoms with Gasteiger partial charge in [-0.1, -0.05) is 36.4 Å². The van der Waals surface area contributed by atoms with E-state index >= 15 is 0 Å². The summed E-state index contributed by atoms with van der Waals surface area (Å²) in [4.78, 5) is 20.7. The standard InChI is InChI=1S/C20H14N2O3/c1-12-6-5-9-14-10-15(18(23)22-17(12)14)11-16-20(24)25-19(21-16)13-7-3-2-4-8-13/h2-11,24H,1H3/b15-11+. The Kier molecular flexibility index (Phi) is 3.54. The van der Waals surface area contributed by atoms with Crippen LogP contribution in [0.25, 0.3) is 23.6 Å². The van der Waals surface area contributed by atoms with Gasteiger partial charge in [0.05, 0.1) is 5.36 Å². The lowest BCUT2D eigenvalue weighted by molar-refractivity contribution is -0.114. The van der Waals surface area contributed by atoms with E-state index in [1.54, 1.807) is 6.08 Å². The second-order valence-corrected chi connectivity index (χ2v) is 5.75. The van der Waals surface area contributed by atoms with Gasteiger partial charge in [-0.3, -0.25) is 4.79 Å². The lowest BCUT2D eigenvalue weighted by atomic mass is 10.1. The normalized spacial score (nSPS) is 14.8. The third kappa shape index (κ3) is 2.76. The number of carbonyl (C=O) groups excluding carboxylic acids is 1. The molecule has 25 heavy (non-hydrogen) atoms. The molecule has 3 aromatic rings. The summed E-state index contributed by atoms with van der Waals surface area (Å²) >= 11 is 0. The Bertz CT molecular complexity index is 1130. The van der Waals surface area contributed by atoms with Crippen molar-refractivity contribution in [2.45, 2.75) is 6.92 Å². The second-order valence-electron chi connectivity index (χ2n) is 5.75. The molecule has 5 nitrogen and oxygen atoms in total. The van der Waals surface area contributed by atoms with E-state index in [0.29, 0.717) is 16.8 Å². The lowest BCUT2D eigenvalue weighted by Crippen LogP contribution is -2.32. The number of nitrogens with zero attached hydrogens (tertiary/aromatic N) is 2. The highest BCUT2D eigenvalue weighted by molar-refractivity contribution is 6.07. The molecule has 1 aliphatic rings. The summed E-state index contributed by atoms with van der Waals surface area (Å²) in [6.07, 6.45) is 3.23. The van der Waals surface area contributed by atoms with Crippen molar-refractivity contribution in [3.05, 3.63) is 75.9 Å². The van der Waals surface area contributed by atoms with Gasteiger partial charge in [0.25, 0.3) is 5.91 Å². The predicted octanol–water partition coefficient (Wildman–Crippen LogP) is 2.38. The van der Waals surface area contributed by atoms with Gasteiger partial charge >= 0.3 is 5.95 Å². The molecule has 4 rings (SSSR count). The molecule has 122 valence electrons. The highest BCUT2D eigenvalue weighted by atomic mass is 16.5. The molecule has 0 spiro atoms. The van der Waals surface area contributed by atoms with Crippen molar-refractivity contribution in [2.75, 3.05) is 0 Å². The van der Waals surface area contributed by atoms with Crippen LogP contribution in [-0.2, 0) is 4.79 Å². The Balaban J connectivity index is 1.79. The van der Waals surface area contributed by atoms with Crippen LogP contribution in [0.15, 0.2) is 63.5 Å². The first-order chi connectivity index (χ1) is 12.1. The molecular weight excluding hydrogens is 316 g/mol. The lowest BCUT2D eigenvalue weighted by Gasteiger charge is -2.04. The van der Waals surface area contributed by atoms with Crippen LogP contribution in [0.3, 0.4) is 0 Å². The number of aryl methyl sites for hydroxylation is 1. The fourth-order valence-corrected chi connectivity index (χ4v) is 2.72. The zero-order valence-corrected chi connectivity index (χ0v) is 13.4. The first-order valence-corrected chi connectivity index (χ1v) is 7.79. The van der Waals surface area contributed by atoms with Gasteiger partial charge in [0.2, 0.25) is 5.89 Å². The Morgan fingerprint density at radius 3 is 2.68 bits per heavy atom. The monoisotopic (exact) mass is 330 g/mol. The van der Waals surface area contributed by atoms with Crippen molar-refractivity contribution >= 4 is 18.1 Å². The molecule has 0 saturated carbocycles. The molecule has 2 heterocycles. The van der Waals surface area contributed by atoms with E-state index in [1.165, 1.54) is 6.08 Å². The molecule has 2 aromatic carbocycles. The summed E-state index contributed by atoms with van der Waals surface area (Å²) in [6.45, 7) is 1.91. The van der Waals surface area contributed by atoms with Gasteiger partial charge in [0.15, 0.2) is 0 Å². The quantitative estimate of drug-likeness (QED) is 0.732. The summed E-state index contributed by atoms with van der Waals surface area (Å²) in [6, 6.07) is 15.0. The van der Waals surface area contributed by atoms with Crippen LogP contribution in [-0.4, -0.2) is 16.0 Å². The van der Waals surface area contributed by atoms with Crippen molar-refractivity contribution in [3.8, 4) is 17.4 Å². The first-order valence-electron chi connectivity index (χ1n) is 7.79. The zero-order chi connectivity index (χ0) is 17.4. The van der Waals surface area contributed by atoms with E-state index in [2.05, 4.69) is 9.98 Å². The third-order valence-corrected chi connectivity index (χ3v) is 3.99. The number of para-hydroxylation sites is 1. The number of rotatable bonds is 2. The predicted molar refractivity (Wildman–Crippen MR) is 93.0 cm³/mol. The van der Waals surface area contributed by atoms with E-state index in [-0.39, 0.29) is 17.5 Å². The van der Waals surface area contributed by atoms with E-state index in [9.17, 15) is 9.90 Å². The van der Waals surface area contributed by atoms with Crippen molar-refractivity contribution in [3.63, 3.8) is 0 Å². The molecule has 0 saturated heterocycles. The Morgan fingerprint density at radius 2 is 1.88 bits per heavy atom. The molecule has 0 fully saturated rings. The Hall–Kier alpha value is -3.47. The molecule has 0 bridgehead atoms. The minimum absolute atomic E-state index is 0.199. The topological polar surface area (TPSA) is 75.7 Å². The molecule has 1 amide bonds. The summed E-state index contributed by atoms with van der Waals surface area (Å²) in [5.41, 5.74) is 2.23. The summed E-state index contributed by atoms with van der Waals surface area (Å²) in [5, 5.41) is 11.6. The fourth-order valence-electron chi connectivity index (χ4n) is 2.72. The number of aromatic hydroxyl groups is 1. The van der Waals surface area contributed by atoms with Crippen LogP contribution in [0.5, 0.6) is 5.95 Å². The highest BCUT2D eigenvalue weighted by Gasteiger charge is 2.16. The van der Waals surface area contributed by atoms with Crippen LogP contribution >= 0.6 is 0 Å². The van der Waals surface area contributed by atoms with E-state index in [1.807, 2.05) is 55.5 Å². The molecule has 1 aromatic heterocycles. The smallest absolute Gasteiger partial charge is 0.310 e. The average molecular weight is 330 g/mol. The second kappa shape index (κ2) is 5.87. The van der Waals surface area contributed by atoms with Gasteiger partial charge < -0.3 is 9.52 Å². The minimum Gasteiger partial charge on any atom is -0.479 e. The van der Waals surface area contributed by atoms with Crippen LogP contribution in [0, 0.1) is 6.92 Å². The molecule has 5 heteroatoms. The molecule has 0 atom stereocenters. The highest BCUT2D eigenvalue weighted by Crippen LogP contribution is 2.28. The van der Waals surface area contributed by atoms with E-state index in [4.69, 9.17) is 4.42 Å². The molecular formula is C20H14N2O3. The van der Waals surface area contributed by atoms with Crippen molar-refractivity contribution < 1.29 is 14.3 Å². The van der Waals surface area contributed by atoms with Gasteiger partial charge in [-0.15, -0.1) is 0 Å². The number of hydrogen-bond donors (Lipinski definition) is 1. The number of hydrogen-bond acceptors (Lipinski definition) is 4. The zero-order valence-electron chi connectivity index (χ0n) is 13.4. The van der Waals surface area contributed by atoms with Gasteiger partial charge in [-0.25, -0.2) is 9.98 Å². The molecule has 1 aliphatic heterocycles. The van der Waals surface area contributed by atoms with Crippen LogP contribution in [0.1, 0.15) is 11.3 Å². The number of oxazole rings is 1. The maximum absolute atomic E-state index is 12.3. The van der Waals surface area contributed by atoms with Gasteiger partial charge in [-0.05, 0) is 36.8 Å². The van der Waals surface area contributed by atoms with E-state index in [0.717, 1.165) is 16.3 Å². The SMILES string of the molecule is Cc1cccc2c1=NC(=O)/C(=C/c1nc(-c3ccccc3)oc1O)C=2. The number of carbonyl (C=O) groups is 1. The number of benzene rings is 2. The van der Waals surface area contributed by atoms with Gasteiger partial charge in [0.1, 0.15) is 5.69 Å². The Morgan fingerprint density at radius 1 is 1.08 bits per heavy atom. The maximum Gasteiger partial charge on any atom is 0.310 e.